The van der Waals surface area contributed by atoms with Crippen molar-refractivity contribution >= 4 is 0 Å². The molecular weight excluding hydrogens is 384 g/mol. The fourth-order valence-corrected chi connectivity index (χ4v) is 4.85. The van der Waals surface area contributed by atoms with Crippen LogP contribution in [0.3, 0.4) is 0 Å². The summed E-state index contributed by atoms with van der Waals surface area (Å²) in [6, 6.07) is 13.4. The van der Waals surface area contributed by atoms with Gasteiger partial charge in [0.05, 0.1) is 0 Å². The Bertz CT molecular complexity index is 850. The summed E-state index contributed by atoms with van der Waals surface area (Å²) in [5, 5.41) is 0. The number of hydrogen-bond donors (Lipinski definition) is 0. The molecule has 2 fully saturated rings. The summed E-state index contributed by atoms with van der Waals surface area (Å²) in [6.45, 7) is 13.2. The third-order valence-corrected chi connectivity index (χ3v) is 7.08. The molecule has 2 aromatic rings. The molecule has 0 spiro atoms. The van der Waals surface area contributed by atoms with Gasteiger partial charge in [-0.25, -0.2) is 0 Å². The van der Waals surface area contributed by atoms with Gasteiger partial charge in [0.1, 0.15) is 23.7 Å². The SMILES string of the molecule is Cc1cc(C(C)(C)c2ccc(OC3CCN(C)C3)c(C)c2)ccc1OC1CCN(C)C1. The van der Waals surface area contributed by atoms with Crippen LogP contribution in [0.4, 0.5) is 0 Å². The van der Waals surface area contributed by atoms with Crippen LogP contribution in [-0.2, 0) is 5.41 Å². The summed E-state index contributed by atoms with van der Waals surface area (Å²) in [6.07, 6.45) is 2.82. The number of likely N-dealkylation sites (tertiary alicyclic amines) is 2. The molecule has 0 aliphatic carbocycles. The molecule has 4 nitrogen and oxygen atoms in total. The minimum atomic E-state index is -0.0896. The fraction of sp³-hybridized carbons (Fsp3) is 0.556. The Hall–Kier alpha value is -2.04. The molecule has 31 heavy (non-hydrogen) atoms. The van der Waals surface area contributed by atoms with Crippen LogP contribution in [0, 0.1) is 13.8 Å². The molecule has 0 saturated carbocycles. The Morgan fingerprint density at radius 3 is 1.48 bits per heavy atom. The van der Waals surface area contributed by atoms with Gasteiger partial charge >= 0.3 is 0 Å². The monoisotopic (exact) mass is 422 g/mol. The zero-order valence-corrected chi connectivity index (χ0v) is 20.1. The maximum atomic E-state index is 6.29. The van der Waals surface area contributed by atoms with E-state index in [4.69, 9.17) is 9.47 Å². The Kier molecular flexibility index (Phi) is 6.32. The fourth-order valence-electron chi connectivity index (χ4n) is 4.85. The normalized spacial score (nSPS) is 22.8. The van der Waals surface area contributed by atoms with Gasteiger partial charge in [-0.15, -0.1) is 0 Å². The second-order valence-corrected chi connectivity index (χ2v) is 10.2. The van der Waals surface area contributed by atoms with E-state index in [0.29, 0.717) is 12.2 Å². The topological polar surface area (TPSA) is 24.9 Å². The molecular formula is C27H38N2O2. The van der Waals surface area contributed by atoms with E-state index in [1.807, 2.05) is 0 Å². The highest BCUT2D eigenvalue weighted by Gasteiger charge is 2.27. The third kappa shape index (κ3) is 4.91. The molecule has 2 aliphatic rings. The van der Waals surface area contributed by atoms with Crippen LogP contribution in [0.1, 0.15) is 48.9 Å². The number of nitrogens with zero attached hydrogens (tertiary/aromatic N) is 2. The number of likely N-dealkylation sites (N-methyl/N-ethyl adjacent to an activating group) is 2. The molecule has 2 aliphatic heterocycles. The molecule has 2 unspecified atom stereocenters. The standard InChI is InChI=1S/C27H38N2O2/c1-19-15-21(7-9-25(19)30-23-11-13-28(5)17-23)27(3,4)22-8-10-26(20(2)16-22)31-24-12-14-29(6)18-24/h7-10,15-16,23-24H,11-14,17-18H2,1-6H3. The zero-order chi connectivity index (χ0) is 22.2. The lowest BCUT2D eigenvalue weighted by Gasteiger charge is -2.28. The largest absolute Gasteiger partial charge is 0.489 e. The van der Waals surface area contributed by atoms with E-state index < -0.39 is 0 Å². The van der Waals surface area contributed by atoms with Gasteiger partial charge in [0.25, 0.3) is 0 Å². The number of rotatable bonds is 6. The summed E-state index contributed by atoms with van der Waals surface area (Å²) in [4.78, 5) is 4.66. The highest BCUT2D eigenvalue weighted by Crippen LogP contribution is 2.36. The van der Waals surface area contributed by atoms with Gasteiger partial charge in [-0.05, 0) is 75.2 Å². The molecule has 0 N–H and O–H groups in total. The zero-order valence-electron chi connectivity index (χ0n) is 20.1. The molecule has 2 heterocycles. The Labute approximate surface area is 188 Å². The predicted molar refractivity (Wildman–Crippen MR) is 128 cm³/mol. The van der Waals surface area contributed by atoms with Gasteiger partial charge in [0.15, 0.2) is 0 Å². The third-order valence-electron chi connectivity index (χ3n) is 7.08. The average molecular weight is 423 g/mol. The van der Waals surface area contributed by atoms with Gasteiger partial charge in [-0.3, -0.25) is 0 Å². The van der Waals surface area contributed by atoms with Crippen LogP contribution in [0.15, 0.2) is 36.4 Å². The minimum Gasteiger partial charge on any atom is -0.489 e. The molecule has 2 aromatic carbocycles. The maximum Gasteiger partial charge on any atom is 0.122 e. The smallest absolute Gasteiger partial charge is 0.122 e. The van der Waals surface area contributed by atoms with Gasteiger partial charge in [-0.1, -0.05) is 38.1 Å². The van der Waals surface area contributed by atoms with Crippen molar-refractivity contribution in [3.8, 4) is 11.5 Å². The highest BCUT2D eigenvalue weighted by molar-refractivity contribution is 5.47. The first-order valence-electron chi connectivity index (χ1n) is 11.6. The first kappa shape index (κ1) is 22.2. The van der Waals surface area contributed by atoms with Gasteiger partial charge in [-0.2, -0.15) is 0 Å². The Balaban J connectivity index is 1.49. The average Bonchev–Trinajstić information content (AvgIpc) is 3.32. The Morgan fingerprint density at radius 2 is 1.16 bits per heavy atom. The summed E-state index contributed by atoms with van der Waals surface area (Å²) >= 11 is 0. The highest BCUT2D eigenvalue weighted by atomic mass is 16.5. The minimum absolute atomic E-state index is 0.0896. The predicted octanol–water partition coefficient (Wildman–Crippen LogP) is 4.80. The lowest BCUT2D eigenvalue weighted by Crippen LogP contribution is -2.23. The first-order valence-corrected chi connectivity index (χ1v) is 11.6. The van der Waals surface area contributed by atoms with Crippen LogP contribution < -0.4 is 9.47 Å². The summed E-state index contributed by atoms with van der Waals surface area (Å²) in [5.74, 6) is 2.03. The molecule has 4 heteroatoms. The molecule has 0 bridgehead atoms. The molecule has 4 rings (SSSR count). The summed E-state index contributed by atoms with van der Waals surface area (Å²) in [5.41, 5.74) is 4.95. The molecule has 2 atom stereocenters. The number of aryl methyl sites for hydroxylation is 2. The number of hydrogen-bond acceptors (Lipinski definition) is 4. The van der Waals surface area contributed by atoms with Crippen molar-refractivity contribution in [3.05, 3.63) is 58.7 Å². The van der Waals surface area contributed by atoms with E-state index in [9.17, 15) is 0 Å². The maximum absolute atomic E-state index is 6.29. The quantitative estimate of drug-likeness (QED) is 0.668. The van der Waals surface area contributed by atoms with E-state index in [-0.39, 0.29) is 5.41 Å². The van der Waals surface area contributed by atoms with Crippen LogP contribution >= 0.6 is 0 Å². The first-order chi connectivity index (χ1) is 14.7. The Morgan fingerprint density at radius 1 is 0.742 bits per heavy atom. The van der Waals surface area contributed by atoms with E-state index in [2.05, 4.69) is 88.0 Å². The van der Waals surface area contributed by atoms with Crippen molar-refractivity contribution in [2.75, 3.05) is 40.3 Å². The van der Waals surface area contributed by atoms with E-state index in [1.165, 1.54) is 22.3 Å². The van der Waals surface area contributed by atoms with E-state index >= 15 is 0 Å². The van der Waals surface area contributed by atoms with Crippen LogP contribution in [0.2, 0.25) is 0 Å². The van der Waals surface area contributed by atoms with Crippen molar-refractivity contribution in [2.24, 2.45) is 0 Å². The lowest BCUT2D eigenvalue weighted by atomic mass is 9.77. The van der Waals surface area contributed by atoms with Crippen LogP contribution in [0.5, 0.6) is 11.5 Å². The van der Waals surface area contributed by atoms with Gasteiger partial charge in [0.2, 0.25) is 0 Å². The second kappa shape index (κ2) is 8.84. The lowest BCUT2D eigenvalue weighted by molar-refractivity contribution is 0.206. The summed E-state index contributed by atoms with van der Waals surface area (Å²) < 4.78 is 12.6. The molecule has 168 valence electrons. The van der Waals surface area contributed by atoms with E-state index in [0.717, 1.165) is 50.5 Å². The number of ether oxygens (including phenoxy) is 2. The van der Waals surface area contributed by atoms with E-state index in [1.54, 1.807) is 0 Å². The second-order valence-electron chi connectivity index (χ2n) is 10.2. The van der Waals surface area contributed by atoms with Crippen molar-refractivity contribution in [1.29, 1.82) is 0 Å². The van der Waals surface area contributed by atoms with Gasteiger partial charge < -0.3 is 19.3 Å². The summed E-state index contributed by atoms with van der Waals surface area (Å²) in [7, 11) is 4.32. The van der Waals surface area contributed by atoms with Crippen molar-refractivity contribution in [1.82, 2.24) is 9.80 Å². The van der Waals surface area contributed by atoms with Crippen molar-refractivity contribution < 1.29 is 9.47 Å². The molecule has 0 radical (unpaired) electrons. The molecule has 2 saturated heterocycles. The van der Waals surface area contributed by atoms with Crippen LogP contribution in [0.25, 0.3) is 0 Å². The van der Waals surface area contributed by atoms with Crippen molar-refractivity contribution in [3.63, 3.8) is 0 Å². The molecule has 0 amide bonds. The van der Waals surface area contributed by atoms with Crippen LogP contribution in [-0.4, -0.2) is 62.3 Å². The van der Waals surface area contributed by atoms with Crippen molar-refractivity contribution in [2.45, 2.75) is 58.2 Å². The number of benzene rings is 2. The van der Waals surface area contributed by atoms with Gasteiger partial charge in [0, 0.05) is 31.6 Å². The molecule has 0 aromatic heterocycles.